The van der Waals surface area contributed by atoms with Crippen LogP contribution in [0, 0.1) is 5.82 Å². The lowest BCUT2D eigenvalue weighted by molar-refractivity contribution is -0.116. The molecule has 0 heterocycles. The van der Waals surface area contributed by atoms with Gasteiger partial charge in [-0.25, -0.2) is 4.39 Å². The van der Waals surface area contributed by atoms with Gasteiger partial charge in [-0.3, -0.25) is 9.59 Å². The van der Waals surface area contributed by atoms with Crippen LogP contribution in [0.3, 0.4) is 0 Å². The maximum Gasteiger partial charge on any atom is 0.243 e. The largest absolute Gasteiger partial charge is 0.376 e. The van der Waals surface area contributed by atoms with Crippen LogP contribution >= 0.6 is 0 Å². The zero-order chi connectivity index (χ0) is 20.5. The first-order valence-corrected chi connectivity index (χ1v) is 9.31. The van der Waals surface area contributed by atoms with Crippen LogP contribution in [0.5, 0.6) is 0 Å². The van der Waals surface area contributed by atoms with Crippen molar-refractivity contribution in [2.45, 2.75) is 12.8 Å². The molecule has 3 N–H and O–H groups in total. The first kappa shape index (κ1) is 20.1. The minimum Gasteiger partial charge on any atom is -0.376 e. The van der Waals surface area contributed by atoms with E-state index in [1.54, 1.807) is 24.3 Å². The molecule has 5 nitrogen and oxygen atoms in total. The lowest BCUT2D eigenvalue weighted by Crippen LogP contribution is -2.21. The van der Waals surface area contributed by atoms with Crippen molar-refractivity contribution in [3.8, 4) is 0 Å². The Morgan fingerprint density at radius 3 is 1.90 bits per heavy atom. The number of carbonyl (C=O) groups is 2. The average molecular weight is 391 g/mol. The van der Waals surface area contributed by atoms with E-state index in [0.29, 0.717) is 24.2 Å². The van der Waals surface area contributed by atoms with Gasteiger partial charge in [-0.2, -0.15) is 0 Å². The highest BCUT2D eigenvalue weighted by Crippen LogP contribution is 2.14. The van der Waals surface area contributed by atoms with Crippen molar-refractivity contribution in [3.63, 3.8) is 0 Å². The van der Waals surface area contributed by atoms with E-state index in [1.165, 1.54) is 24.3 Å². The number of nitrogens with one attached hydrogen (secondary N) is 3. The highest BCUT2D eigenvalue weighted by Gasteiger charge is 2.05. The number of carbonyl (C=O) groups excluding carboxylic acids is 2. The molecule has 148 valence electrons. The summed E-state index contributed by atoms with van der Waals surface area (Å²) in [5, 5.41) is 8.55. The van der Waals surface area contributed by atoms with Crippen LogP contribution in [-0.2, 0) is 16.0 Å². The third kappa shape index (κ3) is 6.77. The Balaban J connectivity index is 1.41. The lowest BCUT2D eigenvalue weighted by atomic mass is 10.1. The summed E-state index contributed by atoms with van der Waals surface area (Å²) in [4.78, 5) is 24.0. The molecule has 3 aromatic rings. The molecule has 0 aliphatic carbocycles. The van der Waals surface area contributed by atoms with Gasteiger partial charge in [0.25, 0.3) is 0 Å². The summed E-state index contributed by atoms with van der Waals surface area (Å²) in [5.74, 6) is -0.642. The van der Waals surface area contributed by atoms with Gasteiger partial charge in [0, 0.05) is 23.5 Å². The van der Waals surface area contributed by atoms with Gasteiger partial charge >= 0.3 is 0 Å². The summed E-state index contributed by atoms with van der Waals surface area (Å²) in [6.45, 7) is 0.0696. The highest BCUT2D eigenvalue weighted by atomic mass is 19.1. The average Bonchev–Trinajstić information content (AvgIpc) is 2.74. The van der Waals surface area contributed by atoms with Crippen molar-refractivity contribution in [3.05, 3.63) is 90.2 Å². The Kier molecular flexibility index (Phi) is 6.95. The molecule has 0 bridgehead atoms. The second-order valence-electron chi connectivity index (χ2n) is 6.52. The first-order chi connectivity index (χ1) is 14.1. The number of halogens is 1. The number of hydrogen-bond acceptors (Lipinski definition) is 3. The summed E-state index contributed by atoms with van der Waals surface area (Å²) >= 11 is 0. The predicted octanol–water partition coefficient (Wildman–Crippen LogP) is 4.45. The van der Waals surface area contributed by atoms with Gasteiger partial charge in [-0.1, -0.05) is 30.3 Å². The topological polar surface area (TPSA) is 70.2 Å². The number of rotatable bonds is 8. The number of amides is 2. The molecule has 29 heavy (non-hydrogen) atoms. The fourth-order valence-corrected chi connectivity index (χ4v) is 2.72. The standard InChI is InChI=1S/C23H22FN3O2/c24-18-7-9-20(10-8-18)27-23(29)16-25-19-11-13-21(14-12-19)26-22(28)15-6-17-4-2-1-3-5-17/h1-5,7-14,25H,6,15-16H2,(H,26,28)(H,27,29). The summed E-state index contributed by atoms with van der Waals surface area (Å²) in [7, 11) is 0. The Labute approximate surface area is 169 Å². The minimum atomic E-state index is -0.353. The molecule has 0 spiro atoms. The normalized spacial score (nSPS) is 10.2. The van der Waals surface area contributed by atoms with Crippen LogP contribution in [0.15, 0.2) is 78.9 Å². The van der Waals surface area contributed by atoms with Gasteiger partial charge in [-0.15, -0.1) is 0 Å². The van der Waals surface area contributed by atoms with Gasteiger partial charge in [-0.05, 0) is 60.5 Å². The molecule has 3 aromatic carbocycles. The SMILES string of the molecule is O=C(CCc1ccccc1)Nc1ccc(NCC(=O)Nc2ccc(F)cc2)cc1. The van der Waals surface area contributed by atoms with Crippen LogP contribution in [-0.4, -0.2) is 18.4 Å². The molecule has 0 aromatic heterocycles. The molecule has 0 saturated carbocycles. The molecule has 0 fully saturated rings. The van der Waals surface area contributed by atoms with Gasteiger partial charge in [0.15, 0.2) is 0 Å². The van der Waals surface area contributed by atoms with Crippen molar-refractivity contribution in [1.82, 2.24) is 0 Å². The fourth-order valence-electron chi connectivity index (χ4n) is 2.72. The highest BCUT2D eigenvalue weighted by molar-refractivity contribution is 5.94. The predicted molar refractivity (Wildman–Crippen MR) is 113 cm³/mol. The van der Waals surface area contributed by atoms with Gasteiger partial charge in [0.05, 0.1) is 6.54 Å². The second kappa shape index (κ2) is 10.0. The molecule has 6 heteroatoms. The van der Waals surface area contributed by atoms with Gasteiger partial charge in [0.2, 0.25) is 11.8 Å². The summed E-state index contributed by atoms with van der Waals surface area (Å²) in [5.41, 5.74) is 3.11. The maximum absolute atomic E-state index is 12.9. The molecule has 0 radical (unpaired) electrons. The molecular weight excluding hydrogens is 369 g/mol. The van der Waals surface area contributed by atoms with E-state index >= 15 is 0 Å². The lowest BCUT2D eigenvalue weighted by Gasteiger charge is -2.09. The van der Waals surface area contributed by atoms with E-state index in [1.807, 2.05) is 30.3 Å². The van der Waals surface area contributed by atoms with Crippen LogP contribution in [0.2, 0.25) is 0 Å². The van der Waals surface area contributed by atoms with Gasteiger partial charge in [0.1, 0.15) is 5.82 Å². The number of aryl methyl sites for hydroxylation is 1. The fraction of sp³-hybridized carbons (Fsp3) is 0.130. The minimum absolute atomic E-state index is 0.0479. The molecule has 0 saturated heterocycles. The summed E-state index contributed by atoms with van der Waals surface area (Å²) in [6.07, 6.45) is 1.10. The van der Waals surface area contributed by atoms with E-state index in [-0.39, 0.29) is 24.2 Å². The maximum atomic E-state index is 12.9. The van der Waals surface area contributed by atoms with E-state index in [4.69, 9.17) is 0 Å². The quantitative estimate of drug-likeness (QED) is 0.531. The van der Waals surface area contributed by atoms with Crippen LogP contribution in [0.1, 0.15) is 12.0 Å². The molecule has 2 amide bonds. The Morgan fingerprint density at radius 1 is 0.690 bits per heavy atom. The van der Waals surface area contributed by atoms with E-state index < -0.39 is 0 Å². The molecule has 3 rings (SSSR count). The Morgan fingerprint density at radius 2 is 1.24 bits per heavy atom. The first-order valence-electron chi connectivity index (χ1n) is 9.31. The number of benzene rings is 3. The second-order valence-corrected chi connectivity index (χ2v) is 6.52. The monoisotopic (exact) mass is 391 g/mol. The summed E-state index contributed by atoms with van der Waals surface area (Å²) < 4.78 is 12.9. The summed E-state index contributed by atoms with van der Waals surface area (Å²) in [6, 6.07) is 22.6. The zero-order valence-electron chi connectivity index (χ0n) is 15.8. The Bertz CT molecular complexity index is 942. The Hall–Kier alpha value is -3.67. The number of hydrogen-bond donors (Lipinski definition) is 3. The molecule has 0 aliphatic rings. The molecule has 0 aliphatic heterocycles. The van der Waals surface area contributed by atoms with Crippen molar-refractivity contribution in [2.24, 2.45) is 0 Å². The van der Waals surface area contributed by atoms with Crippen LogP contribution in [0.4, 0.5) is 21.5 Å². The van der Waals surface area contributed by atoms with Crippen LogP contribution < -0.4 is 16.0 Å². The molecule has 0 atom stereocenters. The van der Waals surface area contributed by atoms with E-state index in [2.05, 4.69) is 16.0 Å². The van der Waals surface area contributed by atoms with Crippen molar-refractivity contribution in [2.75, 3.05) is 22.5 Å². The van der Waals surface area contributed by atoms with Crippen LogP contribution in [0.25, 0.3) is 0 Å². The van der Waals surface area contributed by atoms with Crippen molar-refractivity contribution in [1.29, 1.82) is 0 Å². The van der Waals surface area contributed by atoms with E-state index in [0.717, 1.165) is 11.3 Å². The van der Waals surface area contributed by atoms with Crippen molar-refractivity contribution < 1.29 is 14.0 Å². The third-order valence-corrected chi connectivity index (χ3v) is 4.23. The molecular formula is C23H22FN3O2. The number of anilines is 3. The van der Waals surface area contributed by atoms with E-state index in [9.17, 15) is 14.0 Å². The third-order valence-electron chi connectivity index (χ3n) is 4.23. The molecule has 0 unspecified atom stereocenters. The van der Waals surface area contributed by atoms with Gasteiger partial charge < -0.3 is 16.0 Å². The van der Waals surface area contributed by atoms with Crippen molar-refractivity contribution >= 4 is 28.9 Å². The smallest absolute Gasteiger partial charge is 0.243 e. The zero-order valence-corrected chi connectivity index (χ0v) is 15.8.